The van der Waals surface area contributed by atoms with Crippen LogP contribution in [0.1, 0.15) is 30.8 Å². The van der Waals surface area contributed by atoms with Gasteiger partial charge in [-0.3, -0.25) is 14.0 Å². The monoisotopic (exact) mass is 283 g/mol. The van der Waals surface area contributed by atoms with Crippen LogP contribution in [0.5, 0.6) is 0 Å². The van der Waals surface area contributed by atoms with E-state index in [1.54, 1.807) is 18.5 Å². The van der Waals surface area contributed by atoms with Gasteiger partial charge in [0.1, 0.15) is 5.69 Å². The number of rotatable bonds is 7. The molecule has 1 rings (SSSR count). The van der Waals surface area contributed by atoms with Crippen molar-refractivity contribution in [2.75, 3.05) is 24.7 Å². The Morgan fingerprint density at radius 2 is 2.26 bits per heavy atom. The van der Waals surface area contributed by atoms with E-state index < -0.39 is 10.8 Å². The van der Waals surface area contributed by atoms with Gasteiger partial charge >= 0.3 is 0 Å². The molecular formula is C13H21N3O2S. The molecule has 0 spiro atoms. The summed E-state index contributed by atoms with van der Waals surface area (Å²) in [6.45, 7) is 5.13. The first-order chi connectivity index (χ1) is 9.04. The molecule has 0 radical (unpaired) electrons. The fraction of sp³-hybridized carbons (Fsp3) is 0.538. The Hall–Kier alpha value is -1.43. The molecule has 6 heteroatoms. The molecule has 5 nitrogen and oxygen atoms in total. The number of hydrogen-bond acceptors (Lipinski definition) is 4. The maximum Gasteiger partial charge on any atom is 0.269 e. The summed E-state index contributed by atoms with van der Waals surface area (Å²) < 4.78 is 11.2. The number of carbonyl (C=O) groups excluding carboxylic acids is 1. The molecule has 0 aliphatic rings. The van der Waals surface area contributed by atoms with Crippen LogP contribution in [-0.4, -0.2) is 39.7 Å². The van der Waals surface area contributed by atoms with Crippen LogP contribution in [0.4, 0.5) is 5.69 Å². The van der Waals surface area contributed by atoms with Gasteiger partial charge in [0.2, 0.25) is 0 Å². The summed E-state index contributed by atoms with van der Waals surface area (Å²) in [5.74, 6) is -0.172. The maximum atomic E-state index is 11.6. The minimum atomic E-state index is -0.799. The van der Waals surface area contributed by atoms with E-state index in [0.29, 0.717) is 12.2 Å². The SMILES string of the molecule is CCNC(=O)c1cc(NCCC(C)S(C)=O)ccn1. The van der Waals surface area contributed by atoms with Crippen molar-refractivity contribution in [2.24, 2.45) is 0 Å². The number of nitrogens with zero attached hydrogens (tertiary/aromatic N) is 1. The molecule has 1 amide bonds. The summed E-state index contributed by atoms with van der Waals surface area (Å²) in [6, 6.07) is 3.54. The summed E-state index contributed by atoms with van der Waals surface area (Å²) in [4.78, 5) is 15.7. The molecular weight excluding hydrogens is 262 g/mol. The first-order valence-corrected chi connectivity index (χ1v) is 7.97. The Labute approximate surface area is 116 Å². The molecule has 0 saturated carbocycles. The topological polar surface area (TPSA) is 71.1 Å². The van der Waals surface area contributed by atoms with Gasteiger partial charge < -0.3 is 10.6 Å². The van der Waals surface area contributed by atoms with Crippen LogP contribution in [0.15, 0.2) is 18.3 Å². The van der Waals surface area contributed by atoms with Crippen molar-refractivity contribution in [2.45, 2.75) is 25.5 Å². The summed E-state index contributed by atoms with van der Waals surface area (Å²) in [5, 5.41) is 6.09. The zero-order valence-corrected chi connectivity index (χ0v) is 12.4. The lowest BCUT2D eigenvalue weighted by atomic mass is 10.2. The molecule has 19 heavy (non-hydrogen) atoms. The molecule has 1 aromatic rings. The van der Waals surface area contributed by atoms with Crippen LogP contribution in [0.3, 0.4) is 0 Å². The average Bonchev–Trinajstić information content (AvgIpc) is 2.39. The molecule has 0 aliphatic carbocycles. The summed E-state index contributed by atoms with van der Waals surface area (Å²) in [6.07, 6.45) is 4.14. The Morgan fingerprint density at radius 1 is 1.53 bits per heavy atom. The standard InChI is InChI=1S/C13H21N3O2S/c1-4-14-13(17)12-9-11(6-8-16-12)15-7-5-10(2)19(3)18/h6,8-10H,4-5,7H2,1-3H3,(H,14,17)(H,15,16). The zero-order chi connectivity index (χ0) is 14.3. The molecule has 2 unspecified atom stereocenters. The van der Waals surface area contributed by atoms with Crippen LogP contribution in [0, 0.1) is 0 Å². The van der Waals surface area contributed by atoms with E-state index in [1.165, 1.54) is 0 Å². The number of carbonyl (C=O) groups is 1. The van der Waals surface area contributed by atoms with E-state index in [9.17, 15) is 9.00 Å². The Bertz CT molecular complexity index is 451. The Morgan fingerprint density at radius 3 is 2.89 bits per heavy atom. The third-order valence-electron chi connectivity index (χ3n) is 2.78. The van der Waals surface area contributed by atoms with Crippen molar-refractivity contribution in [1.82, 2.24) is 10.3 Å². The van der Waals surface area contributed by atoms with Crippen LogP contribution >= 0.6 is 0 Å². The Balaban J connectivity index is 2.53. The smallest absolute Gasteiger partial charge is 0.269 e. The summed E-state index contributed by atoms with van der Waals surface area (Å²) >= 11 is 0. The van der Waals surface area contributed by atoms with Gasteiger partial charge in [0, 0.05) is 47.3 Å². The second-order valence-corrected chi connectivity index (χ2v) is 6.12. The van der Waals surface area contributed by atoms with E-state index in [1.807, 2.05) is 19.9 Å². The van der Waals surface area contributed by atoms with E-state index in [2.05, 4.69) is 15.6 Å². The lowest BCUT2D eigenvalue weighted by Gasteiger charge is -2.10. The lowest BCUT2D eigenvalue weighted by Crippen LogP contribution is -2.23. The van der Waals surface area contributed by atoms with Gasteiger partial charge in [-0.2, -0.15) is 0 Å². The van der Waals surface area contributed by atoms with Gasteiger partial charge in [-0.25, -0.2) is 0 Å². The van der Waals surface area contributed by atoms with Crippen LogP contribution in [0.25, 0.3) is 0 Å². The fourth-order valence-electron chi connectivity index (χ4n) is 1.50. The number of nitrogens with one attached hydrogen (secondary N) is 2. The van der Waals surface area contributed by atoms with Crippen molar-refractivity contribution in [3.63, 3.8) is 0 Å². The van der Waals surface area contributed by atoms with Crippen molar-refractivity contribution in [3.8, 4) is 0 Å². The van der Waals surface area contributed by atoms with Crippen molar-refractivity contribution in [3.05, 3.63) is 24.0 Å². The third-order valence-corrected chi connectivity index (χ3v) is 4.15. The highest BCUT2D eigenvalue weighted by Gasteiger charge is 2.08. The highest BCUT2D eigenvalue weighted by atomic mass is 32.2. The highest BCUT2D eigenvalue weighted by Crippen LogP contribution is 2.09. The van der Waals surface area contributed by atoms with Crippen LogP contribution in [0.2, 0.25) is 0 Å². The molecule has 1 aromatic heterocycles. The minimum absolute atomic E-state index is 0.164. The number of pyridine rings is 1. The predicted octanol–water partition coefficient (Wildman–Crippen LogP) is 1.40. The molecule has 0 saturated heterocycles. The predicted molar refractivity (Wildman–Crippen MR) is 78.9 cm³/mol. The lowest BCUT2D eigenvalue weighted by molar-refractivity contribution is 0.0951. The molecule has 1 heterocycles. The van der Waals surface area contributed by atoms with Crippen molar-refractivity contribution in [1.29, 1.82) is 0 Å². The molecule has 106 valence electrons. The largest absolute Gasteiger partial charge is 0.385 e. The minimum Gasteiger partial charge on any atom is -0.385 e. The van der Waals surface area contributed by atoms with Crippen molar-refractivity contribution < 1.29 is 9.00 Å². The van der Waals surface area contributed by atoms with E-state index in [4.69, 9.17) is 0 Å². The highest BCUT2D eigenvalue weighted by molar-refractivity contribution is 7.84. The van der Waals surface area contributed by atoms with Gasteiger partial charge in [0.25, 0.3) is 5.91 Å². The van der Waals surface area contributed by atoms with Gasteiger partial charge in [0.05, 0.1) is 0 Å². The maximum absolute atomic E-state index is 11.6. The molecule has 0 aromatic carbocycles. The van der Waals surface area contributed by atoms with Gasteiger partial charge in [-0.05, 0) is 25.5 Å². The normalized spacial score (nSPS) is 13.6. The second-order valence-electron chi connectivity index (χ2n) is 4.31. The van der Waals surface area contributed by atoms with Gasteiger partial charge in [0.15, 0.2) is 0 Å². The quantitative estimate of drug-likeness (QED) is 0.793. The number of aromatic nitrogens is 1. The molecule has 0 fully saturated rings. The zero-order valence-electron chi connectivity index (χ0n) is 11.6. The van der Waals surface area contributed by atoms with Gasteiger partial charge in [-0.1, -0.05) is 6.92 Å². The number of hydrogen-bond donors (Lipinski definition) is 2. The van der Waals surface area contributed by atoms with Crippen molar-refractivity contribution >= 4 is 22.4 Å². The molecule has 2 atom stereocenters. The Kier molecular flexibility index (Phi) is 6.49. The second kappa shape index (κ2) is 7.89. The third kappa shape index (κ3) is 5.38. The average molecular weight is 283 g/mol. The summed E-state index contributed by atoms with van der Waals surface area (Å²) in [5.41, 5.74) is 1.25. The molecule has 0 bridgehead atoms. The fourth-order valence-corrected chi connectivity index (χ4v) is 1.95. The van der Waals surface area contributed by atoms with E-state index in [0.717, 1.165) is 18.7 Å². The van der Waals surface area contributed by atoms with Crippen LogP contribution < -0.4 is 10.6 Å². The first-order valence-electron chi connectivity index (χ1n) is 6.35. The van der Waals surface area contributed by atoms with Crippen LogP contribution in [-0.2, 0) is 10.8 Å². The number of anilines is 1. The number of amides is 1. The summed E-state index contributed by atoms with van der Waals surface area (Å²) in [7, 11) is -0.799. The first kappa shape index (κ1) is 15.6. The molecule has 2 N–H and O–H groups in total. The van der Waals surface area contributed by atoms with E-state index >= 15 is 0 Å². The molecule has 0 aliphatic heterocycles. The van der Waals surface area contributed by atoms with E-state index in [-0.39, 0.29) is 11.2 Å². The van der Waals surface area contributed by atoms with Gasteiger partial charge in [-0.15, -0.1) is 0 Å².